The second kappa shape index (κ2) is 35.7. The van der Waals surface area contributed by atoms with Gasteiger partial charge in [-0.2, -0.15) is 0 Å². The van der Waals surface area contributed by atoms with Crippen molar-refractivity contribution in [1.82, 2.24) is 0 Å². The number of para-hydroxylation sites is 4. The third-order valence-corrected chi connectivity index (χ3v) is 28.9. The Bertz CT molecular complexity index is 9890. The van der Waals surface area contributed by atoms with Crippen molar-refractivity contribution in [2.45, 2.75) is 0 Å². The molecule has 6 heteroatoms. The highest BCUT2D eigenvalue weighted by atomic mass is 16.3. The van der Waals surface area contributed by atoms with Gasteiger partial charge in [0.25, 0.3) is 0 Å². The van der Waals surface area contributed by atoms with E-state index in [0.29, 0.717) is 0 Å². The second-order valence-electron chi connectivity index (χ2n) is 37.1. The van der Waals surface area contributed by atoms with Crippen LogP contribution < -0.4 is 14.7 Å². The van der Waals surface area contributed by atoms with E-state index in [0.717, 1.165) is 117 Å². The van der Waals surface area contributed by atoms with Crippen LogP contribution in [0.15, 0.2) is 553 Å². The Morgan fingerprint density at radius 2 is 0.354 bits per heavy atom. The minimum atomic E-state index is 0.870. The van der Waals surface area contributed by atoms with Crippen LogP contribution in [0, 0.1) is 0 Å². The molecular formula is C138H89N3O3. The first-order valence-corrected chi connectivity index (χ1v) is 49.2. The van der Waals surface area contributed by atoms with Crippen LogP contribution >= 0.6 is 0 Å². The molecule has 0 atom stereocenters. The maximum absolute atomic E-state index is 6.76. The van der Waals surface area contributed by atoms with E-state index >= 15 is 0 Å². The van der Waals surface area contributed by atoms with E-state index in [4.69, 9.17) is 13.3 Å². The van der Waals surface area contributed by atoms with Gasteiger partial charge in [-0.05, 0) is 274 Å². The van der Waals surface area contributed by atoms with E-state index in [1.165, 1.54) is 153 Å². The van der Waals surface area contributed by atoms with Crippen LogP contribution in [0.5, 0.6) is 0 Å². The summed E-state index contributed by atoms with van der Waals surface area (Å²) in [5.41, 5.74) is 26.8. The number of rotatable bonds is 14. The highest BCUT2D eigenvalue weighted by molar-refractivity contribution is 6.25. The molecule has 0 spiro atoms. The summed E-state index contributed by atoms with van der Waals surface area (Å²) in [5.74, 6) is 0. The number of furan rings is 3. The van der Waals surface area contributed by atoms with E-state index in [9.17, 15) is 0 Å². The molecule has 0 fully saturated rings. The van der Waals surface area contributed by atoms with Gasteiger partial charge in [0.15, 0.2) is 16.7 Å². The normalized spacial score (nSPS) is 11.6. The van der Waals surface area contributed by atoms with Crippen LogP contribution in [0.4, 0.5) is 51.2 Å². The summed E-state index contributed by atoms with van der Waals surface area (Å²) in [6, 6.07) is 193. The Labute approximate surface area is 831 Å². The van der Waals surface area contributed by atoms with E-state index in [2.05, 4.69) is 555 Å². The number of fused-ring (bicyclic) bond motifs is 23. The molecule has 0 bridgehead atoms. The standard InChI is InChI=1S/2C48H31NO.C42H27NO/c1-4-15-39-32(10-1)13-7-18-41(39)35-22-27-37(28-23-35)49(38-29-24-36(25-30-38)42-19-8-14-33-11-2-5-16-40(33)42)45-21-9-20-44-47-43-17-6-3-12-34(43)26-31-46(47)50-48(44)45;1-2-11-32(12-3-1)33-21-26-37(27-22-33)49(45-20-10-19-43-47-40-16-7-4-13-34(40)25-30-46(47)50-48(43)45)38-28-23-35(24-29-38)44-31-36-14-5-6-15-39(36)41-17-8-9-18-42(41)44;1-2-13-31(14-3-1)43(39-20-10-19-37-41-34-16-7-4-11-28(34)23-26-40(41)44-42(37)39)32-24-21-29(22-25-32)38-27-30-12-5-6-15-33(30)35-17-8-9-18-36(35)38/h2*1-31H;1-27H. The molecule has 0 aliphatic rings. The van der Waals surface area contributed by atoms with Gasteiger partial charge in [0.2, 0.25) is 0 Å². The maximum Gasteiger partial charge on any atom is 0.159 e. The third kappa shape index (κ3) is 14.8. The monoisotopic (exact) mass is 1840 g/mol. The van der Waals surface area contributed by atoms with Gasteiger partial charge in [-0.1, -0.05) is 419 Å². The number of benzene rings is 26. The van der Waals surface area contributed by atoms with Gasteiger partial charge < -0.3 is 28.0 Å². The fourth-order valence-electron chi connectivity index (χ4n) is 22.2. The van der Waals surface area contributed by atoms with E-state index in [1.54, 1.807) is 0 Å². The smallest absolute Gasteiger partial charge is 0.159 e. The first-order chi connectivity index (χ1) is 71.4. The summed E-state index contributed by atoms with van der Waals surface area (Å²) in [7, 11) is 0. The molecule has 3 aromatic heterocycles. The molecule has 0 N–H and O–H groups in total. The van der Waals surface area contributed by atoms with Gasteiger partial charge in [-0.25, -0.2) is 0 Å². The lowest BCUT2D eigenvalue weighted by Gasteiger charge is -2.26. The Morgan fingerprint density at radius 1 is 0.125 bits per heavy atom. The van der Waals surface area contributed by atoms with Crippen LogP contribution in [-0.2, 0) is 0 Å². The minimum absolute atomic E-state index is 0.870. The number of nitrogens with zero attached hydrogens (tertiary/aromatic N) is 3. The topological polar surface area (TPSA) is 49.1 Å². The van der Waals surface area contributed by atoms with Crippen LogP contribution in [0.2, 0.25) is 0 Å². The van der Waals surface area contributed by atoms with Crippen molar-refractivity contribution < 1.29 is 13.3 Å². The average molecular weight is 1840 g/mol. The fraction of sp³-hybridized carbons (Fsp3) is 0. The van der Waals surface area contributed by atoms with Crippen LogP contribution in [0.1, 0.15) is 0 Å². The summed E-state index contributed by atoms with van der Waals surface area (Å²) in [4.78, 5) is 6.95. The Hall–Kier alpha value is -19.1. The predicted octanol–water partition coefficient (Wildman–Crippen LogP) is 39.9. The zero-order valence-corrected chi connectivity index (χ0v) is 78.5. The van der Waals surface area contributed by atoms with E-state index < -0.39 is 0 Å². The molecule has 6 nitrogen and oxygen atoms in total. The fourth-order valence-corrected chi connectivity index (χ4v) is 22.2. The van der Waals surface area contributed by atoms with Crippen LogP contribution in [0.3, 0.4) is 0 Å². The zero-order chi connectivity index (χ0) is 95.1. The Kier molecular flexibility index (Phi) is 20.9. The molecule has 0 amide bonds. The molecule has 0 radical (unpaired) electrons. The van der Waals surface area contributed by atoms with Gasteiger partial charge in [0, 0.05) is 66.4 Å². The Morgan fingerprint density at radius 3 is 0.694 bits per heavy atom. The van der Waals surface area contributed by atoms with Gasteiger partial charge in [0.05, 0.1) is 17.1 Å². The highest BCUT2D eigenvalue weighted by Gasteiger charge is 2.27. The van der Waals surface area contributed by atoms with E-state index in [-0.39, 0.29) is 0 Å². The SMILES string of the molecule is c1ccc(-c2ccc(N(c3ccc(-c4cc5ccccc5c5ccccc45)cc3)c3cccc4c3oc3ccc5ccccc5c34)cc2)cc1.c1ccc(N(c2ccc(-c3cc4ccccc4c4ccccc34)cc2)c2cccc3c2oc2ccc4ccccc4c23)cc1.c1ccc2c(-c3ccc(N(c4ccc(-c5cccc6ccccc56)cc4)c4cccc5c4oc4ccc6ccccc6c45)cc3)cccc2c1. The van der Waals surface area contributed by atoms with Crippen molar-refractivity contribution in [2.24, 2.45) is 0 Å². The third-order valence-electron chi connectivity index (χ3n) is 28.9. The molecule has 0 unspecified atom stereocenters. The molecule has 26 aromatic carbocycles. The molecular weight excluding hydrogens is 1750 g/mol. The second-order valence-corrected chi connectivity index (χ2v) is 37.1. The van der Waals surface area contributed by atoms with Gasteiger partial charge in [-0.3, -0.25) is 0 Å². The minimum Gasteiger partial charge on any atom is -0.454 e. The average Bonchev–Trinajstić information content (AvgIpc) is 1.58. The van der Waals surface area contributed by atoms with Crippen LogP contribution in [0.25, 0.3) is 218 Å². The first kappa shape index (κ1) is 84.2. The lowest BCUT2D eigenvalue weighted by molar-refractivity contribution is 0.669. The molecule has 29 rings (SSSR count). The number of hydrogen-bond donors (Lipinski definition) is 0. The first-order valence-electron chi connectivity index (χ1n) is 49.2. The predicted molar refractivity (Wildman–Crippen MR) is 610 cm³/mol. The number of anilines is 9. The lowest BCUT2D eigenvalue weighted by Crippen LogP contribution is -2.10. The van der Waals surface area contributed by atoms with Crippen molar-refractivity contribution in [3.8, 4) is 55.6 Å². The molecule has 0 aliphatic heterocycles. The molecule has 0 saturated heterocycles. The highest BCUT2D eigenvalue weighted by Crippen LogP contribution is 2.51. The molecule has 3 heterocycles. The summed E-state index contributed by atoms with van der Waals surface area (Å²) in [6.07, 6.45) is 0. The van der Waals surface area contributed by atoms with Crippen molar-refractivity contribution in [3.05, 3.63) is 540 Å². The van der Waals surface area contributed by atoms with Crippen molar-refractivity contribution >= 4 is 214 Å². The Balaban J connectivity index is 0.000000108. The molecule has 674 valence electrons. The molecule has 29 aromatic rings. The van der Waals surface area contributed by atoms with E-state index in [1.807, 2.05) is 0 Å². The van der Waals surface area contributed by atoms with Gasteiger partial charge in [-0.15, -0.1) is 0 Å². The summed E-state index contributed by atoms with van der Waals surface area (Å²) in [6.45, 7) is 0. The van der Waals surface area contributed by atoms with Crippen molar-refractivity contribution in [3.63, 3.8) is 0 Å². The summed E-state index contributed by atoms with van der Waals surface area (Å²) in [5, 5.41) is 29.1. The lowest BCUT2D eigenvalue weighted by atomic mass is 9.93. The zero-order valence-electron chi connectivity index (χ0n) is 78.5. The van der Waals surface area contributed by atoms with Crippen molar-refractivity contribution in [1.29, 1.82) is 0 Å². The molecule has 144 heavy (non-hydrogen) atoms. The number of hydrogen-bond acceptors (Lipinski definition) is 6. The summed E-state index contributed by atoms with van der Waals surface area (Å²) < 4.78 is 20.2. The van der Waals surface area contributed by atoms with Gasteiger partial charge >= 0.3 is 0 Å². The largest absolute Gasteiger partial charge is 0.454 e. The molecule has 0 aliphatic carbocycles. The van der Waals surface area contributed by atoms with Crippen molar-refractivity contribution in [2.75, 3.05) is 14.7 Å². The summed E-state index contributed by atoms with van der Waals surface area (Å²) >= 11 is 0. The van der Waals surface area contributed by atoms with Gasteiger partial charge in [0.1, 0.15) is 16.7 Å². The quantitative estimate of drug-likeness (QED) is 0.101. The maximum atomic E-state index is 6.76. The molecule has 0 saturated carbocycles. The van der Waals surface area contributed by atoms with Crippen LogP contribution in [-0.4, -0.2) is 0 Å².